The molecule has 0 atom stereocenters. The molecule has 7 heteroatoms. The van der Waals surface area contributed by atoms with Crippen LogP contribution in [0.5, 0.6) is 0 Å². The number of fused-ring (bicyclic) bond motifs is 1. The summed E-state index contributed by atoms with van der Waals surface area (Å²) < 4.78 is 25.4. The summed E-state index contributed by atoms with van der Waals surface area (Å²) in [5.41, 5.74) is 2.35. The molecular formula is C19H24N2O3S2. The summed E-state index contributed by atoms with van der Waals surface area (Å²) in [4.78, 5) is 13.5. The molecule has 1 N–H and O–H groups in total. The highest BCUT2D eigenvalue weighted by Gasteiger charge is 2.24. The number of nitrogens with zero attached hydrogens (tertiary/aromatic N) is 1. The number of thiophene rings is 1. The molecule has 0 spiro atoms. The maximum Gasteiger partial charge on any atom is 0.232 e. The van der Waals surface area contributed by atoms with Gasteiger partial charge in [0.15, 0.2) is 0 Å². The van der Waals surface area contributed by atoms with Crippen LogP contribution in [0.2, 0.25) is 0 Å². The maximum absolute atomic E-state index is 12.2. The van der Waals surface area contributed by atoms with Crippen molar-refractivity contribution in [2.75, 3.05) is 22.4 Å². The van der Waals surface area contributed by atoms with E-state index in [0.717, 1.165) is 37.7 Å². The minimum absolute atomic E-state index is 0.0298. The number of aryl methyl sites for hydroxylation is 2. The molecule has 1 aromatic heterocycles. The number of rotatable bonds is 7. The quantitative estimate of drug-likeness (QED) is 0.729. The van der Waals surface area contributed by atoms with Gasteiger partial charge < -0.3 is 5.32 Å². The summed E-state index contributed by atoms with van der Waals surface area (Å²) in [7, 11) is -3.30. The lowest BCUT2D eigenvalue weighted by atomic mass is 10.0. The lowest BCUT2D eigenvalue weighted by molar-refractivity contribution is -0.116. The van der Waals surface area contributed by atoms with Gasteiger partial charge >= 0.3 is 0 Å². The van der Waals surface area contributed by atoms with E-state index in [1.54, 1.807) is 17.4 Å². The second-order valence-corrected chi connectivity index (χ2v) is 9.56. The molecule has 5 nitrogen and oxygen atoms in total. The first kappa shape index (κ1) is 18.9. The van der Waals surface area contributed by atoms with Crippen LogP contribution in [0.3, 0.4) is 0 Å². The van der Waals surface area contributed by atoms with E-state index in [1.165, 1.54) is 15.4 Å². The van der Waals surface area contributed by atoms with Crippen molar-refractivity contribution in [3.63, 3.8) is 0 Å². The number of sulfonamides is 1. The molecule has 1 aromatic carbocycles. The number of unbranched alkanes of at least 4 members (excludes halogenated alkanes) is 1. The first-order chi connectivity index (χ1) is 12.4. The third kappa shape index (κ3) is 4.86. The van der Waals surface area contributed by atoms with E-state index in [4.69, 9.17) is 0 Å². The Balaban J connectivity index is 1.57. The van der Waals surface area contributed by atoms with Gasteiger partial charge in [-0.05, 0) is 61.2 Å². The smallest absolute Gasteiger partial charge is 0.232 e. The maximum atomic E-state index is 12.2. The van der Waals surface area contributed by atoms with Crippen molar-refractivity contribution < 1.29 is 13.2 Å². The molecule has 26 heavy (non-hydrogen) atoms. The van der Waals surface area contributed by atoms with Crippen LogP contribution in [0.1, 0.15) is 36.1 Å². The van der Waals surface area contributed by atoms with Crippen molar-refractivity contribution in [1.82, 2.24) is 0 Å². The van der Waals surface area contributed by atoms with E-state index in [1.807, 2.05) is 18.2 Å². The summed E-state index contributed by atoms with van der Waals surface area (Å²) in [5, 5.41) is 4.97. The fourth-order valence-electron chi connectivity index (χ4n) is 3.23. The van der Waals surface area contributed by atoms with E-state index in [0.29, 0.717) is 24.3 Å². The molecule has 2 aromatic rings. The summed E-state index contributed by atoms with van der Waals surface area (Å²) in [6, 6.07) is 9.71. The lowest BCUT2D eigenvalue weighted by Gasteiger charge is -2.29. The number of amides is 1. The zero-order chi connectivity index (χ0) is 18.6. The second-order valence-electron chi connectivity index (χ2n) is 6.62. The van der Waals surface area contributed by atoms with Gasteiger partial charge in [0, 0.05) is 23.5 Å². The molecule has 1 amide bonds. The molecule has 2 heterocycles. The summed E-state index contributed by atoms with van der Waals surface area (Å²) in [5.74, 6) is -0.0298. The van der Waals surface area contributed by atoms with Crippen molar-refractivity contribution in [2.45, 2.75) is 38.5 Å². The average Bonchev–Trinajstić information content (AvgIpc) is 3.10. The van der Waals surface area contributed by atoms with E-state index in [-0.39, 0.29) is 5.91 Å². The average molecular weight is 393 g/mol. The summed E-state index contributed by atoms with van der Waals surface area (Å²) in [6.07, 6.45) is 6.20. The highest BCUT2D eigenvalue weighted by molar-refractivity contribution is 7.92. The van der Waals surface area contributed by atoms with Crippen molar-refractivity contribution in [3.05, 3.63) is 46.2 Å². The number of nitrogens with one attached hydrogen (secondary N) is 1. The predicted molar refractivity (Wildman–Crippen MR) is 107 cm³/mol. The Bertz CT molecular complexity index is 861. The zero-order valence-electron chi connectivity index (χ0n) is 14.9. The zero-order valence-corrected chi connectivity index (χ0v) is 16.5. The van der Waals surface area contributed by atoms with Gasteiger partial charge in [-0.1, -0.05) is 12.1 Å². The normalized spacial score (nSPS) is 14.1. The van der Waals surface area contributed by atoms with Gasteiger partial charge in [-0.25, -0.2) is 8.42 Å². The molecule has 140 valence electrons. The Morgan fingerprint density at radius 1 is 1.27 bits per heavy atom. The Morgan fingerprint density at radius 2 is 2.12 bits per heavy atom. The molecule has 0 saturated heterocycles. The first-order valence-corrected chi connectivity index (χ1v) is 11.6. The Kier molecular flexibility index (Phi) is 5.98. The molecule has 0 bridgehead atoms. The van der Waals surface area contributed by atoms with Gasteiger partial charge in [0.1, 0.15) is 0 Å². The van der Waals surface area contributed by atoms with Crippen LogP contribution in [-0.2, 0) is 27.7 Å². The van der Waals surface area contributed by atoms with E-state index < -0.39 is 10.0 Å². The standard InChI is InChI=1S/C19H24N2O3S2/c1-26(23,24)21-12-4-6-15-10-11-16(14-18(15)21)20-19(22)9-3-2-7-17-8-5-13-25-17/h5,8,10-11,13-14H,2-4,6-7,9,12H2,1H3,(H,20,22). The Labute approximate surface area is 159 Å². The third-order valence-corrected chi connectivity index (χ3v) is 6.62. The van der Waals surface area contributed by atoms with Crippen LogP contribution in [0.15, 0.2) is 35.7 Å². The van der Waals surface area contributed by atoms with Crippen LogP contribution in [0, 0.1) is 0 Å². The monoisotopic (exact) mass is 392 g/mol. The second kappa shape index (κ2) is 8.22. The molecule has 0 fully saturated rings. The highest BCUT2D eigenvalue weighted by Crippen LogP contribution is 2.31. The molecule has 3 rings (SSSR count). The number of anilines is 2. The van der Waals surface area contributed by atoms with Gasteiger partial charge in [0.05, 0.1) is 11.9 Å². The Hall–Kier alpha value is -1.86. The van der Waals surface area contributed by atoms with E-state index in [2.05, 4.69) is 16.8 Å². The number of carbonyl (C=O) groups is 1. The predicted octanol–water partition coefficient (Wildman–Crippen LogP) is 3.81. The van der Waals surface area contributed by atoms with Crippen molar-refractivity contribution >= 4 is 38.6 Å². The topological polar surface area (TPSA) is 66.5 Å². The largest absolute Gasteiger partial charge is 0.326 e. The van der Waals surface area contributed by atoms with Crippen molar-refractivity contribution in [2.24, 2.45) is 0 Å². The van der Waals surface area contributed by atoms with Gasteiger partial charge in [-0.15, -0.1) is 11.3 Å². The fraction of sp³-hybridized carbons (Fsp3) is 0.421. The van der Waals surface area contributed by atoms with Gasteiger partial charge in [-0.2, -0.15) is 0 Å². The number of hydrogen-bond acceptors (Lipinski definition) is 4. The van der Waals surface area contributed by atoms with Gasteiger partial charge in [0.25, 0.3) is 0 Å². The number of hydrogen-bond donors (Lipinski definition) is 1. The van der Waals surface area contributed by atoms with Crippen LogP contribution in [-0.4, -0.2) is 27.1 Å². The lowest BCUT2D eigenvalue weighted by Crippen LogP contribution is -2.34. The highest BCUT2D eigenvalue weighted by atomic mass is 32.2. The minimum atomic E-state index is -3.30. The van der Waals surface area contributed by atoms with Crippen LogP contribution in [0.4, 0.5) is 11.4 Å². The summed E-state index contributed by atoms with van der Waals surface area (Å²) in [6.45, 7) is 0.492. The van der Waals surface area contributed by atoms with Gasteiger partial charge in [0.2, 0.25) is 15.9 Å². The molecule has 0 saturated carbocycles. The summed E-state index contributed by atoms with van der Waals surface area (Å²) >= 11 is 1.75. The van der Waals surface area contributed by atoms with Crippen LogP contribution < -0.4 is 9.62 Å². The molecule has 0 unspecified atom stereocenters. The first-order valence-electron chi connectivity index (χ1n) is 8.86. The minimum Gasteiger partial charge on any atom is -0.326 e. The molecule has 1 aliphatic rings. The molecular weight excluding hydrogens is 368 g/mol. The SMILES string of the molecule is CS(=O)(=O)N1CCCc2ccc(NC(=O)CCCCc3cccs3)cc21. The van der Waals surface area contributed by atoms with E-state index in [9.17, 15) is 13.2 Å². The third-order valence-electron chi connectivity index (χ3n) is 4.50. The van der Waals surface area contributed by atoms with Crippen molar-refractivity contribution in [3.8, 4) is 0 Å². The molecule has 1 aliphatic heterocycles. The fourth-order valence-corrected chi connectivity index (χ4v) is 4.97. The molecule has 0 aliphatic carbocycles. The van der Waals surface area contributed by atoms with Crippen LogP contribution >= 0.6 is 11.3 Å². The van der Waals surface area contributed by atoms with Crippen molar-refractivity contribution in [1.29, 1.82) is 0 Å². The van der Waals surface area contributed by atoms with Gasteiger partial charge in [-0.3, -0.25) is 9.10 Å². The molecule has 0 radical (unpaired) electrons. The Morgan fingerprint density at radius 3 is 2.85 bits per heavy atom. The number of carbonyl (C=O) groups excluding carboxylic acids is 1. The van der Waals surface area contributed by atoms with Crippen LogP contribution in [0.25, 0.3) is 0 Å². The van der Waals surface area contributed by atoms with E-state index >= 15 is 0 Å². The number of benzene rings is 1.